The number of benzene rings is 1. The Morgan fingerprint density at radius 2 is 1.96 bits per heavy atom. The van der Waals surface area contributed by atoms with Crippen molar-refractivity contribution < 1.29 is 14.3 Å². The first-order chi connectivity index (χ1) is 13.1. The Bertz CT molecular complexity index is 685. The summed E-state index contributed by atoms with van der Waals surface area (Å²) in [5.74, 6) is 2.50. The highest BCUT2D eigenvalue weighted by molar-refractivity contribution is 5.86. The predicted octanol–water partition coefficient (Wildman–Crippen LogP) is 1.88. The average Bonchev–Trinajstić information content (AvgIpc) is 3.08. The molecule has 1 aromatic rings. The number of likely N-dealkylation sites (N-methyl/N-ethyl adjacent to an activating group) is 1. The minimum Gasteiger partial charge on any atom is -0.454 e. The van der Waals surface area contributed by atoms with Crippen LogP contribution in [0.4, 0.5) is 0 Å². The SMILES string of the molecule is C[C@@H](Cc1ccc2c(c1)OCO2)CN1CCC2(CC1)C(=O)NCCCN2C. The lowest BCUT2D eigenvalue weighted by Gasteiger charge is -2.45. The predicted molar refractivity (Wildman–Crippen MR) is 104 cm³/mol. The molecule has 0 unspecified atom stereocenters. The average molecular weight is 373 g/mol. The highest BCUT2D eigenvalue weighted by atomic mass is 16.7. The third kappa shape index (κ3) is 3.78. The van der Waals surface area contributed by atoms with Crippen LogP contribution in [0.15, 0.2) is 18.2 Å². The molecule has 3 aliphatic heterocycles. The molecule has 1 N–H and O–H groups in total. The van der Waals surface area contributed by atoms with E-state index in [-0.39, 0.29) is 11.4 Å². The van der Waals surface area contributed by atoms with E-state index in [0.29, 0.717) is 12.7 Å². The number of likely N-dealkylation sites (tertiary alicyclic amines) is 1. The van der Waals surface area contributed by atoms with Crippen molar-refractivity contribution in [1.82, 2.24) is 15.1 Å². The fourth-order valence-electron chi connectivity index (χ4n) is 4.76. The number of nitrogens with one attached hydrogen (secondary N) is 1. The van der Waals surface area contributed by atoms with E-state index in [1.54, 1.807) is 0 Å². The molecule has 0 bridgehead atoms. The van der Waals surface area contributed by atoms with E-state index in [1.807, 2.05) is 6.07 Å². The standard InChI is InChI=1S/C21H31N3O3/c1-16(12-17-4-5-18-19(13-17)27-15-26-18)14-24-10-6-21(7-11-24)20(25)22-8-3-9-23(21)2/h4-5,13,16H,3,6-12,14-15H2,1-2H3,(H,22,25)/t16-/m0/s1. The Morgan fingerprint density at radius 1 is 1.19 bits per heavy atom. The molecule has 0 radical (unpaired) electrons. The van der Waals surface area contributed by atoms with Gasteiger partial charge in [0, 0.05) is 32.7 Å². The molecular formula is C21H31N3O3. The number of ether oxygens (including phenoxy) is 2. The van der Waals surface area contributed by atoms with Crippen LogP contribution in [-0.4, -0.2) is 67.8 Å². The maximum absolute atomic E-state index is 12.7. The van der Waals surface area contributed by atoms with Crippen LogP contribution in [0.2, 0.25) is 0 Å². The van der Waals surface area contributed by atoms with Gasteiger partial charge in [-0.3, -0.25) is 9.69 Å². The number of nitrogens with zero attached hydrogens (tertiary/aromatic N) is 2. The van der Waals surface area contributed by atoms with Gasteiger partial charge in [-0.05, 0) is 56.3 Å². The van der Waals surface area contributed by atoms with Crippen LogP contribution >= 0.6 is 0 Å². The molecule has 4 rings (SSSR count). The molecule has 1 amide bonds. The summed E-state index contributed by atoms with van der Waals surface area (Å²) < 4.78 is 10.9. The first-order valence-electron chi connectivity index (χ1n) is 10.2. The molecule has 0 aromatic heterocycles. The van der Waals surface area contributed by atoms with Gasteiger partial charge in [0.15, 0.2) is 11.5 Å². The van der Waals surface area contributed by atoms with Crippen molar-refractivity contribution in [2.75, 3.05) is 46.6 Å². The lowest BCUT2D eigenvalue weighted by molar-refractivity contribution is -0.134. The Kier molecular flexibility index (Phi) is 5.28. The fraction of sp³-hybridized carbons (Fsp3) is 0.667. The zero-order chi connectivity index (χ0) is 18.9. The first kappa shape index (κ1) is 18.6. The maximum Gasteiger partial charge on any atom is 0.240 e. The van der Waals surface area contributed by atoms with Gasteiger partial charge in [-0.15, -0.1) is 0 Å². The fourth-order valence-corrected chi connectivity index (χ4v) is 4.76. The van der Waals surface area contributed by atoms with Crippen molar-refractivity contribution in [3.8, 4) is 11.5 Å². The quantitative estimate of drug-likeness (QED) is 0.873. The molecule has 0 saturated carbocycles. The van der Waals surface area contributed by atoms with Crippen molar-refractivity contribution in [3.63, 3.8) is 0 Å². The van der Waals surface area contributed by atoms with Gasteiger partial charge in [0.05, 0.1) is 0 Å². The van der Waals surface area contributed by atoms with Crippen LogP contribution in [0, 0.1) is 5.92 Å². The summed E-state index contributed by atoms with van der Waals surface area (Å²) in [5, 5.41) is 3.12. The van der Waals surface area contributed by atoms with Crippen LogP contribution in [0.25, 0.3) is 0 Å². The summed E-state index contributed by atoms with van der Waals surface area (Å²) in [6.07, 6.45) is 3.91. The summed E-state index contributed by atoms with van der Waals surface area (Å²) in [4.78, 5) is 17.5. The zero-order valence-corrected chi connectivity index (χ0v) is 16.5. The van der Waals surface area contributed by atoms with Gasteiger partial charge in [-0.25, -0.2) is 0 Å². The molecule has 1 spiro atoms. The monoisotopic (exact) mass is 373 g/mol. The number of amides is 1. The third-order valence-electron chi connectivity index (χ3n) is 6.38. The molecule has 1 aromatic carbocycles. The van der Waals surface area contributed by atoms with Crippen LogP contribution in [-0.2, 0) is 11.2 Å². The van der Waals surface area contributed by atoms with Gasteiger partial charge in [0.25, 0.3) is 0 Å². The van der Waals surface area contributed by atoms with E-state index in [9.17, 15) is 4.79 Å². The number of carbonyl (C=O) groups is 1. The van der Waals surface area contributed by atoms with Gasteiger partial charge in [-0.1, -0.05) is 13.0 Å². The second-order valence-electron chi connectivity index (χ2n) is 8.36. The molecule has 2 fully saturated rings. The van der Waals surface area contributed by atoms with Crippen molar-refractivity contribution in [1.29, 1.82) is 0 Å². The lowest BCUT2D eigenvalue weighted by Crippen LogP contribution is -2.61. The smallest absolute Gasteiger partial charge is 0.240 e. The Labute approximate surface area is 161 Å². The number of carbonyl (C=O) groups excluding carboxylic acids is 1. The van der Waals surface area contributed by atoms with E-state index in [1.165, 1.54) is 5.56 Å². The Morgan fingerprint density at radius 3 is 2.78 bits per heavy atom. The number of hydrogen-bond donors (Lipinski definition) is 1. The van der Waals surface area contributed by atoms with Crippen molar-refractivity contribution in [2.45, 2.75) is 38.1 Å². The van der Waals surface area contributed by atoms with E-state index >= 15 is 0 Å². The van der Waals surface area contributed by atoms with Crippen LogP contribution in [0.5, 0.6) is 11.5 Å². The molecule has 27 heavy (non-hydrogen) atoms. The molecule has 6 nitrogen and oxygen atoms in total. The van der Waals surface area contributed by atoms with E-state index in [2.05, 4.69) is 41.2 Å². The van der Waals surface area contributed by atoms with E-state index < -0.39 is 0 Å². The van der Waals surface area contributed by atoms with Crippen molar-refractivity contribution >= 4 is 5.91 Å². The molecule has 0 aliphatic carbocycles. The summed E-state index contributed by atoms with van der Waals surface area (Å²) in [6, 6.07) is 6.25. The minimum absolute atomic E-state index is 0.232. The van der Waals surface area contributed by atoms with Crippen LogP contribution in [0.1, 0.15) is 31.7 Å². The molecule has 3 aliphatic rings. The van der Waals surface area contributed by atoms with Crippen LogP contribution < -0.4 is 14.8 Å². The molecule has 148 valence electrons. The molecule has 6 heteroatoms. The maximum atomic E-state index is 12.7. The summed E-state index contributed by atoms with van der Waals surface area (Å²) >= 11 is 0. The molecule has 2 saturated heterocycles. The normalized spacial score (nSPS) is 23.9. The zero-order valence-electron chi connectivity index (χ0n) is 16.5. The Hall–Kier alpha value is -1.79. The van der Waals surface area contributed by atoms with Crippen LogP contribution in [0.3, 0.4) is 0 Å². The molecular weight excluding hydrogens is 342 g/mol. The lowest BCUT2D eigenvalue weighted by atomic mass is 9.84. The highest BCUT2D eigenvalue weighted by Crippen LogP contribution is 2.34. The van der Waals surface area contributed by atoms with Gasteiger partial charge in [0.1, 0.15) is 5.54 Å². The Balaban J connectivity index is 1.31. The minimum atomic E-state index is -0.298. The van der Waals surface area contributed by atoms with Gasteiger partial charge in [-0.2, -0.15) is 0 Å². The van der Waals surface area contributed by atoms with Gasteiger partial charge in [0.2, 0.25) is 12.7 Å². The topological polar surface area (TPSA) is 54.0 Å². The van der Waals surface area contributed by atoms with Gasteiger partial charge < -0.3 is 19.7 Å². The second kappa shape index (κ2) is 7.68. The number of rotatable bonds is 4. The summed E-state index contributed by atoms with van der Waals surface area (Å²) in [7, 11) is 2.11. The molecule has 1 atom stereocenters. The first-order valence-corrected chi connectivity index (χ1v) is 10.2. The van der Waals surface area contributed by atoms with E-state index in [4.69, 9.17) is 9.47 Å². The van der Waals surface area contributed by atoms with Gasteiger partial charge >= 0.3 is 0 Å². The van der Waals surface area contributed by atoms with E-state index in [0.717, 1.165) is 69.9 Å². The number of piperidine rings is 1. The second-order valence-corrected chi connectivity index (χ2v) is 8.36. The number of hydrogen-bond acceptors (Lipinski definition) is 5. The van der Waals surface area contributed by atoms with Crippen molar-refractivity contribution in [2.24, 2.45) is 5.92 Å². The largest absolute Gasteiger partial charge is 0.454 e. The summed E-state index contributed by atoms with van der Waals surface area (Å²) in [5.41, 5.74) is 0.996. The van der Waals surface area contributed by atoms with Crippen molar-refractivity contribution in [3.05, 3.63) is 23.8 Å². The highest BCUT2D eigenvalue weighted by Gasteiger charge is 2.45. The number of fused-ring (bicyclic) bond motifs is 1. The summed E-state index contributed by atoms with van der Waals surface area (Å²) in [6.45, 7) is 7.48. The molecule has 3 heterocycles. The third-order valence-corrected chi connectivity index (χ3v) is 6.38.